The summed E-state index contributed by atoms with van der Waals surface area (Å²) in [6, 6.07) is 20.5. The van der Waals surface area contributed by atoms with E-state index in [1.807, 2.05) is 30.3 Å². The molecule has 0 bridgehead atoms. The third kappa shape index (κ3) is 4.15. The van der Waals surface area contributed by atoms with Crippen LogP contribution >= 0.6 is 0 Å². The lowest BCUT2D eigenvalue weighted by Crippen LogP contribution is -2.14. The number of furan rings is 1. The third-order valence-corrected chi connectivity index (χ3v) is 4.50. The number of hydrogen-bond acceptors (Lipinski definition) is 3. The highest BCUT2D eigenvalue weighted by Crippen LogP contribution is 2.31. The maximum Gasteiger partial charge on any atom is 0.416 e. The first-order valence-corrected chi connectivity index (χ1v) is 9.09. The van der Waals surface area contributed by atoms with E-state index in [1.165, 1.54) is 12.1 Å². The first-order valence-electron chi connectivity index (χ1n) is 9.09. The van der Waals surface area contributed by atoms with Crippen LogP contribution in [0, 0.1) is 0 Å². The number of amides is 1. The molecule has 7 heteroatoms. The molecule has 0 aliphatic heterocycles. The first kappa shape index (κ1) is 19.6. The molecule has 0 atom stereocenters. The molecular weight excluding hydrogens is 395 g/mol. The van der Waals surface area contributed by atoms with E-state index in [9.17, 15) is 18.0 Å². The molecule has 0 radical (unpaired) electrons. The standard InChI is InChI=1S/C23H16F3NO3/c24-23(25,26)15-10-12-16(13-11-15)27-22(28)21-19(14-29-17-6-2-1-3-7-17)18-8-4-5-9-20(18)30-21/h1-13H,14H2,(H,27,28). The molecule has 30 heavy (non-hydrogen) atoms. The number of para-hydroxylation sites is 2. The van der Waals surface area contributed by atoms with E-state index in [2.05, 4.69) is 5.32 Å². The van der Waals surface area contributed by atoms with Gasteiger partial charge in [0, 0.05) is 16.6 Å². The predicted octanol–water partition coefficient (Wildman–Crippen LogP) is 6.28. The Bertz CT molecular complexity index is 1170. The average Bonchev–Trinajstić information content (AvgIpc) is 3.11. The molecule has 0 unspecified atom stereocenters. The summed E-state index contributed by atoms with van der Waals surface area (Å²) in [4.78, 5) is 12.8. The summed E-state index contributed by atoms with van der Waals surface area (Å²) in [6.45, 7) is 0.0940. The number of rotatable bonds is 5. The van der Waals surface area contributed by atoms with Crippen LogP contribution in [0.25, 0.3) is 11.0 Å². The van der Waals surface area contributed by atoms with Crippen molar-refractivity contribution >= 4 is 22.6 Å². The van der Waals surface area contributed by atoms with Crippen LogP contribution in [-0.2, 0) is 12.8 Å². The summed E-state index contributed by atoms with van der Waals surface area (Å²) in [6.07, 6.45) is -4.44. The van der Waals surface area contributed by atoms with Gasteiger partial charge in [-0.2, -0.15) is 13.2 Å². The molecule has 4 nitrogen and oxygen atoms in total. The number of anilines is 1. The maximum absolute atomic E-state index is 12.8. The molecule has 0 saturated carbocycles. The Morgan fingerprint density at radius 3 is 2.27 bits per heavy atom. The van der Waals surface area contributed by atoms with Crippen molar-refractivity contribution in [2.75, 3.05) is 5.32 Å². The van der Waals surface area contributed by atoms with Crippen LogP contribution in [0.15, 0.2) is 83.3 Å². The van der Waals surface area contributed by atoms with E-state index in [1.54, 1.807) is 24.3 Å². The zero-order valence-electron chi connectivity index (χ0n) is 15.6. The molecule has 1 N–H and O–H groups in total. The number of alkyl halides is 3. The molecule has 0 spiro atoms. The van der Waals surface area contributed by atoms with Crippen LogP contribution in [0.1, 0.15) is 21.7 Å². The van der Waals surface area contributed by atoms with Crippen molar-refractivity contribution in [1.82, 2.24) is 0 Å². The SMILES string of the molecule is O=C(Nc1ccc(C(F)(F)F)cc1)c1oc2ccccc2c1COc1ccccc1. The summed E-state index contributed by atoms with van der Waals surface area (Å²) < 4.78 is 49.7. The molecule has 1 aromatic heterocycles. The Kier molecular flexibility index (Phi) is 5.18. The molecule has 4 rings (SSSR count). The van der Waals surface area contributed by atoms with Crippen molar-refractivity contribution in [2.24, 2.45) is 0 Å². The van der Waals surface area contributed by atoms with Gasteiger partial charge in [0.25, 0.3) is 5.91 Å². The van der Waals surface area contributed by atoms with E-state index in [0.29, 0.717) is 16.9 Å². The second-order valence-corrected chi connectivity index (χ2v) is 6.54. The van der Waals surface area contributed by atoms with E-state index in [0.717, 1.165) is 17.5 Å². The van der Waals surface area contributed by atoms with Crippen LogP contribution in [0.2, 0.25) is 0 Å². The zero-order chi connectivity index (χ0) is 21.1. The molecule has 4 aromatic rings. The van der Waals surface area contributed by atoms with Gasteiger partial charge in [-0.05, 0) is 42.5 Å². The molecule has 1 amide bonds. The second kappa shape index (κ2) is 7.94. The van der Waals surface area contributed by atoms with Crippen LogP contribution in [-0.4, -0.2) is 5.91 Å². The molecule has 3 aromatic carbocycles. The van der Waals surface area contributed by atoms with Gasteiger partial charge in [-0.25, -0.2) is 0 Å². The average molecular weight is 411 g/mol. The molecule has 1 heterocycles. The number of nitrogens with one attached hydrogen (secondary N) is 1. The van der Waals surface area contributed by atoms with Crippen molar-refractivity contribution in [3.05, 3.63) is 95.7 Å². The fourth-order valence-electron chi connectivity index (χ4n) is 3.03. The van der Waals surface area contributed by atoms with Crippen molar-refractivity contribution in [2.45, 2.75) is 12.8 Å². The van der Waals surface area contributed by atoms with E-state index >= 15 is 0 Å². The third-order valence-electron chi connectivity index (χ3n) is 4.50. The Hall–Kier alpha value is -3.74. The highest BCUT2D eigenvalue weighted by Gasteiger charge is 2.30. The highest BCUT2D eigenvalue weighted by atomic mass is 19.4. The van der Waals surface area contributed by atoms with Gasteiger partial charge in [0.15, 0.2) is 5.76 Å². The van der Waals surface area contributed by atoms with Crippen LogP contribution in [0.3, 0.4) is 0 Å². The maximum atomic E-state index is 12.8. The van der Waals surface area contributed by atoms with Gasteiger partial charge in [0.2, 0.25) is 0 Å². The lowest BCUT2D eigenvalue weighted by molar-refractivity contribution is -0.137. The number of halogens is 3. The Morgan fingerprint density at radius 1 is 0.900 bits per heavy atom. The molecule has 0 aliphatic carbocycles. The van der Waals surface area contributed by atoms with Crippen molar-refractivity contribution in [3.8, 4) is 5.75 Å². The largest absolute Gasteiger partial charge is 0.489 e. The van der Waals surface area contributed by atoms with Crippen molar-refractivity contribution < 1.29 is 27.1 Å². The number of hydrogen-bond donors (Lipinski definition) is 1. The summed E-state index contributed by atoms with van der Waals surface area (Å²) in [5.41, 5.74) is 0.505. The molecular formula is C23H16F3NO3. The van der Waals surface area contributed by atoms with Crippen LogP contribution in [0.4, 0.5) is 18.9 Å². The highest BCUT2D eigenvalue weighted by molar-refractivity contribution is 6.06. The fourth-order valence-corrected chi connectivity index (χ4v) is 3.03. The number of carbonyl (C=O) groups excluding carboxylic acids is 1. The summed E-state index contributed by atoms with van der Waals surface area (Å²) in [5, 5.41) is 3.31. The normalized spacial score (nSPS) is 11.4. The lowest BCUT2D eigenvalue weighted by atomic mass is 10.1. The minimum absolute atomic E-state index is 0.0482. The first-order chi connectivity index (χ1) is 14.4. The van der Waals surface area contributed by atoms with Gasteiger partial charge in [0.05, 0.1) is 5.56 Å². The van der Waals surface area contributed by atoms with Crippen molar-refractivity contribution in [1.29, 1.82) is 0 Å². The number of carbonyl (C=O) groups is 1. The smallest absolute Gasteiger partial charge is 0.416 e. The van der Waals surface area contributed by atoms with Gasteiger partial charge in [-0.15, -0.1) is 0 Å². The predicted molar refractivity (Wildman–Crippen MR) is 106 cm³/mol. The lowest BCUT2D eigenvalue weighted by Gasteiger charge is -2.09. The molecule has 0 fully saturated rings. The molecule has 0 aliphatic rings. The molecule has 152 valence electrons. The minimum atomic E-state index is -4.44. The second-order valence-electron chi connectivity index (χ2n) is 6.54. The quantitative estimate of drug-likeness (QED) is 0.420. The summed E-state index contributed by atoms with van der Waals surface area (Å²) >= 11 is 0. The number of fused-ring (bicyclic) bond motifs is 1. The summed E-state index contributed by atoms with van der Waals surface area (Å²) in [5.74, 6) is 0.113. The van der Waals surface area contributed by atoms with Crippen LogP contribution in [0.5, 0.6) is 5.75 Å². The van der Waals surface area contributed by atoms with E-state index in [-0.39, 0.29) is 18.1 Å². The van der Waals surface area contributed by atoms with Gasteiger partial charge >= 0.3 is 6.18 Å². The number of benzene rings is 3. The summed E-state index contributed by atoms with van der Waals surface area (Å²) in [7, 11) is 0. The Morgan fingerprint density at radius 2 is 1.57 bits per heavy atom. The van der Waals surface area contributed by atoms with E-state index < -0.39 is 17.6 Å². The van der Waals surface area contributed by atoms with Crippen molar-refractivity contribution in [3.63, 3.8) is 0 Å². The number of ether oxygens (including phenoxy) is 1. The monoisotopic (exact) mass is 411 g/mol. The van der Waals surface area contributed by atoms with Gasteiger partial charge in [-0.1, -0.05) is 36.4 Å². The van der Waals surface area contributed by atoms with E-state index in [4.69, 9.17) is 9.15 Å². The zero-order valence-corrected chi connectivity index (χ0v) is 15.6. The Labute approximate surface area is 169 Å². The topological polar surface area (TPSA) is 51.5 Å². The fraction of sp³-hybridized carbons (Fsp3) is 0.0870. The van der Waals surface area contributed by atoms with Crippen LogP contribution < -0.4 is 10.1 Å². The van der Waals surface area contributed by atoms with Gasteiger partial charge in [-0.3, -0.25) is 4.79 Å². The van der Waals surface area contributed by atoms with Gasteiger partial charge in [0.1, 0.15) is 17.9 Å². The minimum Gasteiger partial charge on any atom is -0.489 e. The van der Waals surface area contributed by atoms with Gasteiger partial charge < -0.3 is 14.5 Å². The molecule has 0 saturated heterocycles. The Balaban J connectivity index is 1.60.